The van der Waals surface area contributed by atoms with E-state index in [0.29, 0.717) is 5.92 Å². The monoisotopic (exact) mass is 266 g/mol. The molecule has 0 bridgehead atoms. The number of aryl methyl sites for hydroxylation is 1. The van der Waals surface area contributed by atoms with E-state index in [1.54, 1.807) is 0 Å². The molecule has 19 heavy (non-hydrogen) atoms. The molecule has 1 aromatic heterocycles. The molecular weight excluding hydrogens is 240 g/mol. The predicted octanol–water partition coefficient (Wildman–Crippen LogP) is 1.69. The Bertz CT molecular complexity index is 370. The largest absolute Gasteiger partial charge is 0.466 e. The lowest BCUT2D eigenvalue weighted by molar-refractivity contribution is 0.110. The number of hydrogen-bond donors (Lipinski definition) is 1. The number of β-amino-alcohol motifs (C(OH)–C–C–N with tert-alkyl or cyclic N) is 1. The van der Waals surface area contributed by atoms with Gasteiger partial charge in [-0.25, -0.2) is 0 Å². The van der Waals surface area contributed by atoms with Crippen LogP contribution in [0.3, 0.4) is 0 Å². The zero-order valence-electron chi connectivity index (χ0n) is 12.1. The molecule has 0 saturated carbocycles. The average Bonchev–Trinajstić information content (AvgIpc) is 2.85. The second-order valence-corrected chi connectivity index (χ2v) is 5.55. The fraction of sp³-hybridized carbons (Fsp3) is 0.733. The van der Waals surface area contributed by atoms with Crippen molar-refractivity contribution in [1.82, 2.24) is 9.80 Å². The molecule has 1 aliphatic heterocycles. The van der Waals surface area contributed by atoms with Gasteiger partial charge in [-0.15, -0.1) is 0 Å². The summed E-state index contributed by atoms with van der Waals surface area (Å²) in [7, 11) is 0. The van der Waals surface area contributed by atoms with Gasteiger partial charge in [-0.3, -0.25) is 4.90 Å². The highest BCUT2D eigenvalue weighted by atomic mass is 16.3. The maximum absolute atomic E-state index is 8.92. The number of nitrogens with zero attached hydrogens (tertiary/aromatic N) is 2. The maximum atomic E-state index is 8.92. The SMILES string of the molecule is Cc1ccc([C@H](C)CCN2CCN(CCO)CC2)o1. The van der Waals surface area contributed by atoms with Crippen molar-refractivity contribution in [3.8, 4) is 0 Å². The minimum atomic E-state index is 0.273. The van der Waals surface area contributed by atoms with Crippen LogP contribution in [0.25, 0.3) is 0 Å². The van der Waals surface area contributed by atoms with Crippen LogP contribution in [0.1, 0.15) is 30.8 Å². The summed E-state index contributed by atoms with van der Waals surface area (Å²) in [5.74, 6) is 2.60. The molecule has 0 aliphatic carbocycles. The molecule has 1 atom stereocenters. The van der Waals surface area contributed by atoms with Crippen LogP contribution in [0.4, 0.5) is 0 Å². The summed E-state index contributed by atoms with van der Waals surface area (Å²) in [5.41, 5.74) is 0. The molecule has 1 N–H and O–H groups in total. The van der Waals surface area contributed by atoms with Crippen molar-refractivity contribution in [3.63, 3.8) is 0 Å². The normalized spacial score (nSPS) is 19.7. The summed E-state index contributed by atoms with van der Waals surface area (Å²) in [4.78, 5) is 4.84. The second kappa shape index (κ2) is 7.08. The van der Waals surface area contributed by atoms with Gasteiger partial charge in [0.15, 0.2) is 0 Å². The minimum absolute atomic E-state index is 0.273. The van der Waals surface area contributed by atoms with Gasteiger partial charge in [-0.05, 0) is 32.0 Å². The zero-order valence-corrected chi connectivity index (χ0v) is 12.1. The van der Waals surface area contributed by atoms with E-state index in [4.69, 9.17) is 9.52 Å². The molecule has 0 unspecified atom stereocenters. The summed E-state index contributed by atoms with van der Waals surface area (Å²) in [6.07, 6.45) is 1.15. The van der Waals surface area contributed by atoms with Gasteiger partial charge in [0, 0.05) is 38.6 Å². The maximum Gasteiger partial charge on any atom is 0.107 e. The van der Waals surface area contributed by atoms with Gasteiger partial charge in [-0.2, -0.15) is 0 Å². The molecule has 2 heterocycles. The van der Waals surface area contributed by atoms with E-state index >= 15 is 0 Å². The van der Waals surface area contributed by atoms with E-state index in [9.17, 15) is 0 Å². The third-order valence-corrected chi connectivity index (χ3v) is 4.01. The summed E-state index contributed by atoms with van der Waals surface area (Å²) in [6.45, 7) is 10.8. The molecule has 2 rings (SSSR count). The van der Waals surface area contributed by atoms with Crippen LogP contribution in [0.15, 0.2) is 16.5 Å². The Kier molecular flexibility index (Phi) is 5.43. The number of furan rings is 1. The van der Waals surface area contributed by atoms with Gasteiger partial charge in [-0.1, -0.05) is 6.92 Å². The van der Waals surface area contributed by atoms with Crippen molar-refractivity contribution in [2.24, 2.45) is 0 Å². The quantitative estimate of drug-likeness (QED) is 0.850. The van der Waals surface area contributed by atoms with E-state index in [2.05, 4.69) is 22.8 Å². The van der Waals surface area contributed by atoms with E-state index in [1.165, 1.54) is 0 Å². The van der Waals surface area contributed by atoms with E-state index < -0.39 is 0 Å². The van der Waals surface area contributed by atoms with Gasteiger partial charge in [0.1, 0.15) is 11.5 Å². The van der Waals surface area contributed by atoms with Crippen LogP contribution in [0.5, 0.6) is 0 Å². The molecule has 108 valence electrons. The van der Waals surface area contributed by atoms with Crippen molar-refractivity contribution in [3.05, 3.63) is 23.7 Å². The first-order chi connectivity index (χ1) is 9.19. The van der Waals surface area contributed by atoms with Gasteiger partial charge in [0.05, 0.1) is 6.61 Å². The fourth-order valence-corrected chi connectivity index (χ4v) is 2.61. The first-order valence-electron chi connectivity index (χ1n) is 7.31. The third kappa shape index (κ3) is 4.34. The molecule has 4 nitrogen and oxygen atoms in total. The molecule has 0 spiro atoms. The standard InChI is InChI=1S/C15H26N2O2/c1-13(15-4-3-14(2)19-15)5-6-16-7-9-17(10-8-16)11-12-18/h3-4,13,18H,5-12H2,1-2H3/t13-/m1/s1. The van der Waals surface area contributed by atoms with E-state index in [1.807, 2.05) is 13.0 Å². The van der Waals surface area contributed by atoms with E-state index in [0.717, 1.165) is 57.2 Å². The van der Waals surface area contributed by atoms with Crippen molar-refractivity contribution < 1.29 is 9.52 Å². The van der Waals surface area contributed by atoms with Crippen molar-refractivity contribution in [2.45, 2.75) is 26.2 Å². The number of hydrogen-bond acceptors (Lipinski definition) is 4. The van der Waals surface area contributed by atoms with Crippen LogP contribution in [0.2, 0.25) is 0 Å². The second-order valence-electron chi connectivity index (χ2n) is 5.55. The molecule has 0 radical (unpaired) electrons. The smallest absolute Gasteiger partial charge is 0.107 e. The van der Waals surface area contributed by atoms with Gasteiger partial charge >= 0.3 is 0 Å². The molecule has 0 amide bonds. The summed E-state index contributed by atoms with van der Waals surface area (Å²) < 4.78 is 5.68. The lowest BCUT2D eigenvalue weighted by Crippen LogP contribution is -2.47. The molecule has 1 fully saturated rings. The Labute approximate surface area is 116 Å². The topological polar surface area (TPSA) is 39.9 Å². The number of piperazine rings is 1. The lowest BCUT2D eigenvalue weighted by atomic mass is 10.0. The van der Waals surface area contributed by atoms with Gasteiger partial charge in [0.2, 0.25) is 0 Å². The van der Waals surface area contributed by atoms with Crippen molar-refractivity contribution in [1.29, 1.82) is 0 Å². The van der Waals surface area contributed by atoms with Crippen molar-refractivity contribution in [2.75, 3.05) is 45.9 Å². The Morgan fingerprint density at radius 3 is 2.32 bits per heavy atom. The van der Waals surface area contributed by atoms with Crippen LogP contribution in [-0.4, -0.2) is 60.8 Å². The minimum Gasteiger partial charge on any atom is -0.466 e. The number of aliphatic hydroxyl groups is 1. The Balaban J connectivity index is 1.69. The Morgan fingerprint density at radius 1 is 1.16 bits per heavy atom. The predicted molar refractivity (Wildman–Crippen MR) is 76.4 cm³/mol. The summed E-state index contributed by atoms with van der Waals surface area (Å²) in [5, 5.41) is 8.92. The first-order valence-corrected chi connectivity index (χ1v) is 7.31. The van der Waals surface area contributed by atoms with E-state index in [-0.39, 0.29) is 6.61 Å². The van der Waals surface area contributed by atoms with Crippen LogP contribution in [-0.2, 0) is 0 Å². The number of rotatable bonds is 6. The average molecular weight is 266 g/mol. The lowest BCUT2D eigenvalue weighted by Gasteiger charge is -2.34. The highest BCUT2D eigenvalue weighted by Crippen LogP contribution is 2.21. The Hall–Kier alpha value is -0.840. The van der Waals surface area contributed by atoms with Gasteiger partial charge < -0.3 is 14.4 Å². The van der Waals surface area contributed by atoms with Gasteiger partial charge in [0.25, 0.3) is 0 Å². The fourth-order valence-electron chi connectivity index (χ4n) is 2.61. The highest BCUT2D eigenvalue weighted by molar-refractivity contribution is 5.09. The van der Waals surface area contributed by atoms with Crippen molar-refractivity contribution >= 4 is 0 Å². The first kappa shape index (κ1) is 14.6. The molecular formula is C15H26N2O2. The number of aliphatic hydroxyl groups excluding tert-OH is 1. The molecule has 0 aromatic carbocycles. The third-order valence-electron chi connectivity index (χ3n) is 4.01. The molecule has 1 aromatic rings. The summed E-state index contributed by atoms with van der Waals surface area (Å²) in [6, 6.07) is 4.14. The highest BCUT2D eigenvalue weighted by Gasteiger charge is 2.17. The van der Waals surface area contributed by atoms with Crippen LogP contribution < -0.4 is 0 Å². The molecule has 1 aliphatic rings. The van der Waals surface area contributed by atoms with Crippen LogP contribution >= 0.6 is 0 Å². The molecule has 1 saturated heterocycles. The Morgan fingerprint density at radius 2 is 1.79 bits per heavy atom. The summed E-state index contributed by atoms with van der Waals surface area (Å²) >= 11 is 0. The zero-order chi connectivity index (χ0) is 13.7. The van der Waals surface area contributed by atoms with Crippen LogP contribution in [0, 0.1) is 6.92 Å². The molecule has 4 heteroatoms.